The van der Waals surface area contributed by atoms with Gasteiger partial charge in [0.2, 0.25) is 0 Å². The van der Waals surface area contributed by atoms with Gasteiger partial charge in [0.15, 0.2) is 0 Å². The van der Waals surface area contributed by atoms with Gasteiger partial charge in [0.05, 0.1) is 22.1 Å². The molecule has 11 aromatic rings. The monoisotopic (exact) mass is 535 g/mol. The van der Waals surface area contributed by atoms with Crippen molar-refractivity contribution in [1.82, 2.24) is 13.8 Å². The fourth-order valence-corrected chi connectivity index (χ4v) is 7.87. The van der Waals surface area contributed by atoms with Gasteiger partial charge < -0.3 is 0 Å². The smallest absolute Gasteiger partial charge is 0.264 e. The Balaban J connectivity index is 1.41. The average molecular weight is 536 g/mol. The maximum atomic E-state index is 14.0. The lowest BCUT2D eigenvalue weighted by molar-refractivity contribution is 1.19. The van der Waals surface area contributed by atoms with Gasteiger partial charge >= 0.3 is 0 Å². The predicted molar refractivity (Wildman–Crippen MR) is 172 cm³/mol. The molecule has 0 saturated carbocycles. The molecule has 5 heteroatoms. The summed E-state index contributed by atoms with van der Waals surface area (Å²) in [5, 5.41) is 13.0. The van der Waals surface area contributed by atoms with E-state index in [9.17, 15) is 9.59 Å². The number of hydrogen-bond donors (Lipinski definition) is 0. The van der Waals surface area contributed by atoms with Gasteiger partial charge in [-0.15, -0.1) is 0 Å². The van der Waals surface area contributed by atoms with Gasteiger partial charge in [-0.3, -0.25) is 18.4 Å². The molecule has 0 spiro atoms. The summed E-state index contributed by atoms with van der Waals surface area (Å²) in [5.74, 6) is 0. The first-order valence-electron chi connectivity index (χ1n) is 14.1. The van der Waals surface area contributed by atoms with Gasteiger partial charge in [0, 0.05) is 37.7 Å². The van der Waals surface area contributed by atoms with Crippen molar-refractivity contribution in [2.45, 2.75) is 0 Å². The van der Waals surface area contributed by atoms with Crippen LogP contribution >= 0.6 is 0 Å². The quantitative estimate of drug-likeness (QED) is 0.147. The lowest BCUT2D eigenvalue weighted by Crippen LogP contribution is -2.14. The highest BCUT2D eigenvalue weighted by atomic mass is 16.1. The Hall–Kier alpha value is -5.81. The van der Waals surface area contributed by atoms with Crippen molar-refractivity contribution in [3.8, 4) is 0 Å². The van der Waals surface area contributed by atoms with Crippen LogP contribution in [0, 0.1) is 0 Å². The van der Waals surface area contributed by atoms with Crippen molar-refractivity contribution in [3.05, 3.63) is 124 Å². The number of aromatic nitrogens is 3. The normalized spacial score (nSPS) is 13.0. The second-order valence-corrected chi connectivity index (χ2v) is 11.4. The first-order chi connectivity index (χ1) is 20.7. The average Bonchev–Trinajstić information content (AvgIpc) is 3.61. The second kappa shape index (κ2) is 6.73. The van der Waals surface area contributed by atoms with Crippen molar-refractivity contribution in [1.29, 1.82) is 0 Å². The SMILES string of the molecule is O=c1c2ccc3c4ccc5c6c(ccc(c7ccc(c2c73)c2cc3ccccc3n12)c46)c(=O)n1c2ccccc2nc51. The summed E-state index contributed by atoms with van der Waals surface area (Å²) in [6.07, 6.45) is 0. The Morgan fingerprint density at radius 2 is 0.929 bits per heavy atom. The molecule has 4 heterocycles. The maximum Gasteiger partial charge on any atom is 0.264 e. The third-order valence-electron chi connectivity index (χ3n) is 9.56. The molecular formula is C37H17N3O2. The number of rotatable bonds is 0. The molecule has 0 atom stereocenters. The Labute approximate surface area is 235 Å². The van der Waals surface area contributed by atoms with Crippen LogP contribution in [0.3, 0.4) is 0 Å². The molecule has 0 unspecified atom stereocenters. The van der Waals surface area contributed by atoms with Gasteiger partial charge in [-0.2, -0.15) is 0 Å². The zero-order valence-electron chi connectivity index (χ0n) is 22.0. The first-order valence-corrected chi connectivity index (χ1v) is 14.1. The van der Waals surface area contributed by atoms with Gasteiger partial charge in [-0.1, -0.05) is 60.7 Å². The number of nitrogens with zero attached hydrogens (tertiary/aromatic N) is 3. The molecular weight excluding hydrogens is 518 g/mol. The zero-order valence-corrected chi connectivity index (χ0v) is 22.0. The number of para-hydroxylation sites is 3. The van der Waals surface area contributed by atoms with E-state index in [2.05, 4.69) is 48.5 Å². The number of benzene rings is 7. The Bertz CT molecular complexity index is 2880. The number of pyridine rings is 2. The van der Waals surface area contributed by atoms with Crippen LogP contribution in [0.2, 0.25) is 0 Å². The minimum atomic E-state index is -0.0515. The minimum Gasteiger partial charge on any atom is -0.276 e. The molecule has 0 amide bonds. The lowest BCUT2D eigenvalue weighted by Gasteiger charge is -2.18. The number of hydrogen-bond acceptors (Lipinski definition) is 3. The molecule has 0 aliphatic heterocycles. The van der Waals surface area contributed by atoms with Crippen molar-refractivity contribution in [3.63, 3.8) is 0 Å². The Kier molecular flexibility index (Phi) is 3.37. The van der Waals surface area contributed by atoms with E-state index in [4.69, 9.17) is 4.98 Å². The molecule has 0 N–H and O–H groups in total. The largest absolute Gasteiger partial charge is 0.276 e. The van der Waals surface area contributed by atoms with Crippen LogP contribution in [0.1, 0.15) is 0 Å². The van der Waals surface area contributed by atoms with E-state index in [1.807, 2.05) is 59.0 Å². The van der Waals surface area contributed by atoms with Gasteiger partial charge in [-0.25, -0.2) is 4.98 Å². The molecule has 42 heavy (non-hydrogen) atoms. The van der Waals surface area contributed by atoms with Crippen LogP contribution in [0.25, 0.3) is 97.7 Å². The van der Waals surface area contributed by atoms with E-state index in [-0.39, 0.29) is 11.1 Å². The number of imidazole rings is 1. The highest BCUT2D eigenvalue weighted by Crippen LogP contribution is 2.45. The minimum absolute atomic E-state index is 0.00272. The molecule has 192 valence electrons. The fraction of sp³-hybridized carbons (Fsp3) is 0. The van der Waals surface area contributed by atoms with Gasteiger partial charge in [0.25, 0.3) is 11.1 Å². The van der Waals surface area contributed by atoms with Gasteiger partial charge in [0.1, 0.15) is 5.65 Å². The third kappa shape index (κ3) is 2.16. The molecule has 0 aliphatic rings. The van der Waals surface area contributed by atoms with Crippen LogP contribution in [0.15, 0.2) is 113 Å². The van der Waals surface area contributed by atoms with E-state index < -0.39 is 0 Å². The maximum absolute atomic E-state index is 14.0. The van der Waals surface area contributed by atoms with Crippen LogP contribution in [0.4, 0.5) is 0 Å². The van der Waals surface area contributed by atoms with Crippen molar-refractivity contribution >= 4 is 97.7 Å². The van der Waals surface area contributed by atoms with E-state index in [0.717, 1.165) is 86.7 Å². The fourth-order valence-electron chi connectivity index (χ4n) is 7.87. The van der Waals surface area contributed by atoms with Crippen LogP contribution in [-0.2, 0) is 0 Å². The van der Waals surface area contributed by atoms with E-state index >= 15 is 0 Å². The summed E-state index contributed by atoms with van der Waals surface area (Å²) in [4.78, 5) is 32.9. The number of fused-ring (bicyclic) bond motifs is 10. The summed E-state index contributed by atoms with van der Waals surface area (Å²) < 4.78 is 3.61. The van der Waals surface area contributed by atoms with Crippen LogP contribution in [-0.4, -0.2) is 13.8 Å². The van der Waals surface area contributed by atoms with Crippen LogP contribution < -0.4 is 11.1 Å². The van der Waals surface area contributed by atoms with E-state index in [0.29, 0.717) is 11.0 Å². The summed E-state index contributed by atoms with van der Waals surface area (Å²) in [6.45, 7) is 0. The molecule has 0 bridgehead atoms. The summed E-state index contributed by atoms with van der Waals surface area (Å²) in [5.41, 5.74) is 4.13. The van der Waals surface area contributed by atoms with Crippen molar-refractivity contribution < 1.29 is 0 Å². The van der Waals surface area contributed by atoms with E-state index in [1.165, 1.54) is 0 Å². The Morgan fingerprint density at radius 1 is 0.429 bits per heavy atom. The zero-order chi connectivity index (χ0) is 27.4. The van der Waals surface area contributed by atoms with E-state index in [1.54, 1.807) is 4.40 Å². The lowest BCUT2D eigenvalue weighted by atomic mass is 9.86. The topological polar surface area (TPSA) is 55.8 Å². The molecule has 0 fully saturated rings. The molecule has 0 aliphatic carbocycles. The van der Waals surface area contributed by atoms with Crippen molar-refractivity contribution in [2.24, 2.45) is 0 Å². The highest BCUT2D eigenvalue weighted by molar-refractivity contribution is 6.40. The molecule has 0 saturated heterocycles. The first kappa shape index (κ1) is 21.0. The summed E-state index contributed by atoms with van der Waals surface area (Å²) in [7, 11) is 0. The third-order valence-corrected chi connectivity index (χ3v) is 9.56. The molecule has 11 rings (SSSR count). The van der Waals surface area contributed by atoms with Crippen molar-refractivity contribution in [2.75, 3.05) is 0 Å². The highest BCUT2D eigenvalue weighted by Gasteiger charge is 2.23. The van der Waals surface area contributed by atoms with Gasteiger partial charge in [-0.05, 0) is 74.8 Å². The van der Waals surface area contributed by atoms with Crippen LogP contribution in [0.5, 0.6) is 0 Å². The molecule has 7 aromatic carbocycles. The Morgan fingerprint density at radius 3 is 1.64 bits per heavy atom. The predicted octanol–water partition coefficient (Wildman–Crippen LogP) is 7.85. The summed E-state index contributed by atoms with van der Waals surface area (Å²) >= 11 is 0. The standard InChI is InChI=1S/C37H17N3O2/c41-36-25-15-11-21-20-10-14-24-34-26(37(42)40-29-8-4-2-6-27(29)38-35(24)40)16-12-22(32(20)34)19-9-13-23(33(25)31(19)21)30-17-18-5-1-3-7-28(18)39(30)36/h1-17H. The molecule has 4 aromatic heterocycles. The molecule has 5 nitrogen and oxygen atoms in total. The summed E-state index contributed by atoms with van der Waals surface area (Å²) in [6, 6.07) is 34.7. The molecule has 0 radical (unpaired) electrons. The second-order valence-electron chi connectivity index (χ2n) is 11.4.